The van der Waals surface area contributed by atoms with Gasteiger partial charge in [-0.25, -0.2) is 4.39 Å². The number of halogens is 1. The van der Waals surface area contributed by atoms with Crippen LogP contribution >= 0.6 is 0 Å². The van der Waals surface area contributed by atoms with Crippen LogP contribution in [0.4, 0.5) is 4.39 Å². The predicted octanol–water partition coefficient (Wildman–Crippen LogP) is 3.32. The minimum absolute atomic E-state index is 0.0296. The third-order valence-electron chi connectivity index (χ3n) is 6.97. The van der Waals surface area contributed by atoms with Gasteiger partial charge >= 0.3 is 0 Å². The van der Waals surface area contributed by atoms with Crippen molar-refractivity contribution in [3.8, 4) is 0 Å². The quantitative estimate of drug-likeness (QED) is 0.606. The molecule has 1 saturated heterocycles. The Labute approximate surface area is 199 Å². The average Bonchev–Trinajstić information content (AvgIpc) is 3.08. The van der Waals surface area contributed by atoms with Gasteiger partial charge in [-0.3, -0.25) is 9.59 Å². The van der Waals surface area contributed by atoms with Gasteiger partial charge in [0.2, 0.25) is 11.8 Å². The van der Waals surface area contributed by atoms with Gasteiger partial charge in [0, 0.05) is 25.6 Å². The standard InChI is InChI=1S/C27H31FN2O4/c1-3-16-34-26-25(29-23(31)18-33-2)20-9-5-6-10-21(20)27(26)12-14-30(15-13-27)24(32)17-19-8-4-7-11-22(19)28/h3-11,25-26H,1,12-18H2,2H3,(H,29,31)/t25-,26+/m1/s1. The molecule has 1 heterocycles. The maximum absolute atomic E-state index is 14.1. The Morgan fingerprint density at radius 2 is 1.88 bits per heavy atom. The van der Waals surface area contributed by atoms with Crippen molar-refractivity contribution in [1.29, 1.82) is 0 Å². The molecule has 2 aromatic rings. The number of rotatable bonds is 8. The van der Waals surface area contributed by atoms with Crippen molar-refractivity contribution >= 4 is 11.8 Å². The van der Waals surface area contributed by atoms with Gasteiger partial charge in [0.05, 0.1) is 25.2 Å². The lowest BCUT2D eigenvalue weighted by atomic mass is 9.71. The summed E-state index contributed by atoms with van der Waals surface area (Å²) >= 11 is 0. The smallest absolute Gasteiger partial charge is 0.246 e. The Morgan fingerprint density at radius 3 is 2.59 bits per heavy atom. The van der Waals surface area contributed by atoms with Crippen molar-refractivity contribution in [2.45, 2.75) is 36.8 Å². The lowest BCUT2D eigenvalue weighted by Crippen LogP contribution is -2.52. The molecule has 34 heavy (non-hydrogen) atoms. The molecule has 0 aromatic heterocycles. The number of carbonyl (C=O) groups is 2. The van der Waals surface area contributed by atoms with E-state index in [1.165, 1.54) is 13.2 Å². The van der Waals surface area contributed by atoms with Gasteiger partial charge < -0.3 is 19.7 Å². The van der Waals surface area contributed by atoms with Crippen LogP contribution in [0.25, 0.3) is 0 Å². The minimum atomic E-state index is -0.360. The van der Waals surface area contributed by atoms with Gasteiger partial charge in [0.25, 0.3) is 0 Å². The summed E-state index contributed by atoms with van der Waals surface area (Å²) in [6.45, 7) is 5.18. The molecular formula is C27H31FN2O4. The van der Waals surface area contributed by atoms with E-state index in [-0.39, 0.29) is 48.2 Å². The van der Waals surface area contributed by atoms with Gasteiger partial charge in [-0.1, -0.05) is 48.5 Å². The Balaban J connectivity index is 1.56. The first-order chi connectivity index (χ1) is 16.5. The number of piperidine rings is 1. The maximum Gasteiger partial charge on any atom is 0.246 e. The van der Waals surface area contributed by atoms with Crippen LogP contribution in [0, 0.1) is 5.82 Å². The molecule has 2 aliphatic rings. The van der Waals surface area contributed by atoms with Crippen LogP contribution in [0.1, 0.15) is 35.6 Å². The molecule has 180 valence electrons. The first-order valence-corrected chi connectivity index (χ1v) is 11.6. The molecule has 2 atom stereocenters. The molecule has 6 nitrogen and oxygen atoms in total. The summed E-state index contributed by atoms with van der Waals surface area (Å²) in [5.74, 6) is -0.648. The number of hydrogen-bond donors (Lipinski definition) is 1. The second kappa shape index (κ2) is 10.5. The molecule has 0 radical (unpaired) electrons. The number of fused-ring (bicyclic) bond motifs is 2. The van der Waals surface area contributed by atoms with E-state index in [1.807, 2.05) is 23.1 Å². The van der Waals surface area contributed by atoms with Crippen LogP contribution in [-0.2, 0) is 30.9 Å². The summed E-state index contributed by atoms with van der Waals surface area (Å²) in [4.78, 5) is 27.2. The molecule has 0 unspecified atom stereocenters. The summed E-state index contributed by atoms with van der Waals surface area (Å²) in [6, 6.07) is 14.2. The first-order valence-electron chi connectivity index (χ1n) is 11.6. The number of nitrogens with one attached hydrogen (secondary N) is 1. The number of amides is 2. The Morgan fingerprint density at radius 1 is 1.18 bits per heavy atom. The highest BCUT2D eigenvalue weighted by atomic mass is 19.1. The molecule has 2 amide bonds. The number of methoxy groups -OCH3 is 1. The number of carbonyl (C=O) groups excluding carboxylic acids is 2. The first kappa shape index (κ1) is 24.1. The molecule has 0 bridgehead atoms. The second-order valence-corrected chi connectivity index (χ2v) is 8.91. The van der Waals surface area contributed by atoms with Gasteiger partial charge in [-0.05, 0) is 35.6 Å². The van der Waals surface area contributed by atoms with Crippen molar-refractivity contribution < 1.29 is 23.5 Å². The predicted molar refractivity (Wildman–Crippen MR) is 127 cm³/mol. The summed E-state index contributed by atoms with van der Waals surface area (Å²) < 4.78 is 25.4. The molecule has 1 N–H and O–H groups in total. The molecule has 1 aliphatic carbocycles. The topological polar surface area (TPSA) is 67.9 Å². The van der Waals surface area contributed by atoms with E-state index in [4.69, 9.17) is 9.47 Å². The molecular weight excluding hydrogens is 435 g/mol. The fourth-order valence-corrected chi connectivity index (χ4v) is 5.41. The lowest BCUT2D eigenvalue weighted by Gasteiger charge is -2.44. The van der Waals surface area contributed by atoms with E-state index < -0.39 is 0 Å². The monoisotopic (exact) mass is 466 g/mol. The third-order valence-corrected chi connectivity index (χ3v) is 6.97. The van der Waals surface area contributed by atoms with Gasteiger partial charge in [0.1, 0.15) is 12.4 Å². The normalized spacial score (nSPS) is 20.7. The zero-order valence-corrected chi connectivity index (χ0v) is 19.5. The lowest BCUT2D eigenvalue weighted by molar-refractivity contribution is -0.133. The molecule has 1 fully saturated rings. The molecule has 4 rings (SSSR count). The third kappa shape index (κ3) is 4.63. The SMILES string of the molecule is C=CCO[C@H]1[C@H](NC(=O)COC)c2ccccc2C12CCN(C(=O)Cc1ccccc1F)CC2. The minimum Gasteiger partial charge on any atom is -0.375 e. The highest BCUT2D eigenvalue weighted by Crippen LogP contribution is 2.52. The Bertz CT molecular complexity index is 1050. The molecule has 0 saturated carbocycles. The zero-order valence-electron chi connectivity index (χ0n) is 19.5. The van der Waals surface area contributed by atoms with Crippen LogP contribution in [-0.4, -0.2) is 56.2 Å². The zero-order chi connectivity index (χ0) is 24.1. The largest absolute Gasteiger partial charge is 0.375 e. The second-order valence-electron chi connectivity index (χ2n) is 8.91. The van der Waals surface area contributed by atoms with E-state index in [0.29, 0.717) is 38.1 Å². The summed E-state index contributed by atoms with van der Waals surface area (Å²) in [5, 5.41) is 3.09. The van der Waals surface area contributed by atoms with Crippen molar-refractivity contribution in [2.75, 3.05) is 33.4 Å². The van der Waals surface area contributed by atoms with Crippen LogP contribution in [0.3, 0.4) is 0 Å². The molecule has 2 aromatic carbocycles. The number of benzene rings is 2. The fraction of sp³-hybridized carbons (Fsp3) is 0.407. The van der Waals surface area contributed by atoms with E-state index in [1.54, 1.807) is 24.3 Å². The highest BCUT2D eigenvalue weighted by molar-refractivity contribution is 5.79. The van der Waals surface area contributed by atoms with Gasteiger partial charge in [0.15, 0.2) is 0 Å². The van der Waals surface area contributed by atoms with Gasteiger partial charge in [-0.15, -0.1) is 6.58 Å². The average molecular weight is 467 g/mol. The molecule has 7 heteroatoms. The van der Waals surface area contributed by atoms with Crippen molar-refractivity contribution in [1.82, 2.24) is 10.2 Å². The van der Waals surface area contributed by atoms with Crippen molar-refractivity contribution in [3.63, 3.8) is 0 Å². The van der Waals surface area contributed by atoms with Crippen LogP contribution in [0.5, 0.6) is 0 Å². The summed E-state index contributed by atoms with van der Waals surface area (Å²) in [5.41, 5.74) is 2.24. The van der Waals surface area contributed by atoms with E-state index in [2.05, 4.69) is 18.0 Å². The number of nitrogens with zero attached hydrogens (tertiary/aromatic N) is 1. The highest BCUT2D eigenvalue weighted by Gasteiger charge is 2.54. The summed E-state index contributed by atoms with van der Waals surface area (Å²) in [7, 11) is 1.49. The molecule has 1 spiro atoms. The van der Waals surface area contributed by atoms with Crippen LogP contribution in [0.2, 0.25) is 0 Å². The number of ether oxygens (including phenoxy) is 2. The maximum atomic E-state index is 14.1. The van der Waals surface area contributed by atoms with Crippen molar-refractivity contribution in [2.24, 2.45) is 0 Å². The number of hydrogen-bond acceptors (Lipinski definition) is 4. The van der Waals surface area contributed by atoms with E-state index in [0.717, 1.165) is 11.1 Å². The van der Waals surface area contributed by atoms with Crippen LogP contribution < -0.4 is 5.32 Å². The fourth-order valence-electron chi connectivity index (χ4n) is 5.41. The van der Waals surface area contributed by atoms with E-state index in [9.17, 15) is 14.0 Å². The number of likely N-dealkylation sites (tertiary alicyclic amines) is 1. The molecule has 1 aliphatic heterocycles. The Kier molecular flexibility index (Phi) is 7.44. The summed E-state index contributed by atoms with van der Waals surface area (Å²) in [6.07, 6.45) is 2.82. The Hall–Kier alpha value is -3.03. The van der Waals surface area contributed by atoms with E-state index >= 15 is 0 Å². The van der Waals surface area contributed by atoms with Crippen molar-refractivity contribution in [3.05, 3.63) is 83.7 Å². The van der Waals surface area contributed by atoms with Gasteiger partial charge in [-0.2, -0.15) is 0 Å². The van der Waals surface area contributed by atoms with Crippen LogP contribution in [0.15, 0.2) is 61.2 Å².